The lowest BCUT2D eigenvalue weighted by molar-refractivity contribution is 0.0210. The molecule has 0 N–H and O–H groups in total. The number of hydrogen-bond donors (Lipinski definition) is 0. The molecule has 2 rings (SSSR count). The first kappa shape index (κ1) is 16.6. The molecule has 1 saturated carbocycles. The van der Waals surface area contributed by atoms with Gasteiger partial charge in [-0.3, -0.25) is 0 Å². The second kappa shape index (κ2) is 6.55. The van der Waals surface area contributed by atoms with Crippen molar-refractivity contribution in [1.82, 2.24) is 0 Å². The zero-order valence-corrected chi connectivity index (χ0v) is 13.9. The highest BCUT2D eigenvalue weighted by molar-refractivity contribution is 8.13. The fraction of sp³-hybridized carbons (Fsp3) is 0.500. The van der Waals surface area contributed by atoms with Gasteiger partial charge in [-0.2, -0.15) is 0 Å². The van der Waals surface area contributed by atoms with Crippen molar-refractivity contribution in [3.8, 4) is 0 Å². The second-order valence-electron chi connectivity index (χ2n) is 5.18. The van der Waals surface area contributed by atoms with Crippen LogP contribution in [-0.2, 0) is 13.8 Å². The van der Waals surface area contributed by atoms with Crippen molar-refractivity contribution >= 4 is 37.3 Å². The molecule has 21 heavy (non-hydrogen) atoms. The van der Waals surface area contributed by atoms with Crippen molar-refractivity contribution in [1.29, 1.82) is 0 Å². The number of halogens is 2. The summed E-state index contributed by atoms with van der Waals surface area (Å²) in [7, 11) is 1.40. The van der Waals surface area contributed by atoms with Crippen molar-refractivity contribution in [2.75, 3.05) is 0 Å². The zero-order chi connectivity index (χ0) is 15.6. The number of hydrogen-bond acceptors (Lipinski definition) is 4. The maximum absolute atomic E-state index is 12.2. The van der Waals surface area contributed by atoms with E-state index in [-0.39, 0.29) is 27.1 Å². The van der Waals surface area contributed by atoms with E-state index >= 15 is 0 Å². The van der Waals surface area contributed by atoms with Gasteiger partial charge in [0.05, 0.1) is 10.5 Å². The highest BCUT2D eigenvalue weighted by Crippen LogP contribution is 2.28. The van der Waals surface area contributed by atoms with E-state index in [0.717, 1.165) is 32.1 Å². The Labute approximate surface area is 133 Å². The molecule has 0 heterocycles. The van der Waals surface area contributed by atoms with Crippen molar-refractivity contribution in [3.05, 3.63) is 28.3 Å². The molecular weight excluding hydrogens is 335 g/mol. The highest BCUT2D eigenvalue weighted by Gasteiger charge is 2.24. The summed E-state index contributed by atoms with van der Waals surface area (Å²) >= 11 is 5.88. The molecule has 0 unspecified atom stereocenters. The normalized spacial score (nSPS) is 16.7. The van der Waals surface area contributed by atoms with Gasteiger partial charge in [-0.05, 0) is 50.3 Å². The second-order valence-corrected chi connectivity index (χ2v) is 8.15. The van der Waals surface area contributed by atoms with Crippen LogP contribution in [0.25, 0.3) is 0 Å². The van der Waals surface area contributed by atoms with Crippen LogP contribution in [0.15, 0.2) is 17.0 Å². The Hall–Kier alpha value is -0.780. The molecule has 116 valence electrons. The highest BCUT2D eigenvalue weighted by atomic mass is 35.7. The number of esters is 1. The third-order valence-corrected chi connectivity index (χ3v) is 5.30. The molecule has 0 aliphatic heterocycles. The molecule has 1 aliphatic rings. The first-order valence-corrected chi connectivity index (χ1v) is 9.43. The summed E-state index contributed by atoms with van der Waals surface area (Å²) in [5.74, 6) is -0.552. The molecule has 0 atom stereocenters. The van der Waals surface area contributed by atoms with Crippen LogP contribution in [0.2, 0.25) is 5.02 Å². The van der Waals surface area contributed by atoms with E-state index < -0.39 is 15.0 Å². The van der Waals surface area contributed by atoms with Gasteiger partial charge in [0, 0.05) is 15.7 Å². The van der Waals surface area contributed by atoms with Crippen LogP contribution in [0.4, 0.5) is 0 Å². The summed E-state index contributed by atoms with van der Waals surface area (Å²) in [5, 5.41) is 0.135. The Morgan fingerprint density at radius 2 is 1.86 bits per heavy atom. The van der Waals surface area contributed by atoms with Crippen molar-refractivity contribution in [3.63, 3.8) is 0 Å². The fourth-order valence-corrected chi connectivity index (χ4v) is 4.02. The largest absolute Gasteiger partial charge is 0.459 e. The lowest BCUT2D eigenvalue weighted by Crippen LogP contribution is -2.21. The van der Waals surface area contributed by atoms with Gasteiger partial charge in [0.1, 0.15) is 6.10 Å². The Bertz CT molecular complexity index is 649. The third-order valence-electron chi connectivity index (χ3n) is 3.63. The molecule has 1 aliphatic carbocycles. The van der Waals surface area contributed by atoms with E-state index in [2.05, 4.69) is 0 Å². The van der Waals surface area contributed by atoms with Crippen LogP contribution in [0.3, 0.4) is 0 Å². The lowest BCUT2D eigenvalue weighted by Gasteiger charge is -2.22. The Balaban J connectivity index is 2.30. The van der Waals surface area contributed by atoms with Crippen LogP contribution < -0.4 is 0 Å². The molecule has 7 heteroatoms. The summed E-state index contributed by atoms with van der Waals surface area (Å²) in [6, 6.07) is 2.64. The summed E-state index contributed by atoms with van der Waals surface area (Å²) in [6.45, 7) is 1.52. The van der Waals surface area contributed by atoms with Crippen molar-refractivity contribution in [2.24, 2.45) is 0 Å². The Morgan fingerprint density at radius 1 is 1.24 bits per heavy atom. The predicted octanol–water partition coefficient (Wildman–Crippen LogP) is 4.07. The molecule has 1 aromatic rings. The summed E-state index contributed by atoms with van der Waals surface area (Å²) < 4.78 is 28.5. The molecule has 0 aromatic heterocycles. The molecule has 0 saturated heterocycles. The van der Waals surface area contributed by atoms with E-state index in [1.165, 1.54) is 19.1 Å². The number of carbonyl (C=O) groups is 1. The van der Waals surface area contributed by atoms with E-state index in [4.69, 9.17) is 27.0 Å². The smallest absolute Gasteiger partial charge is 0.338 e. The first-order chi connectivity index (χ1) is 9.79. The number of benzene rings is 1. The molecule has 1 aromatic carbocycles. The SMILES string of the molecule is Cc1c(C(=O)OC2CCCCC2)cc(Cl)cc1S(=O)(=O)Cl. The Kier molecular flexibility index (Phi) is 5.17. The summed E-state index contributed by atoms with van der Waals surface area (Å²) in [6.07, 6.45) is 4.79. The maximum atomic E-state index is 12.2. The van der Waals surface area contributed by atoms with Gasteiger partial charge in [0.2, 0.25) is 0 Å². The fourth-order valence-electron chi connectivity index (χ4n) is 2.52. The lowest BCUT2D eigenvalue weighted by atomic mass is 9.97. The molecule has 0 bridgehead atoms. The number of rotatable bonds is 3. The van der Waals surface area contributed by atoms with Crippen LogP contribution in [0.1, 0.15) is 48.0 Å². The monoisotopic (exact) mass is 350 g/mol. The standard InChI is InChI=1S/C14H16Cl2O4S/c1-9-12(7-10(15)8-13(9)21(16,18)19)14(17)20-11-5-3-2-4-6-11/h7-8,11H,2-6H2,1H3. The van der Waals surface area contributed by atoms with Gasteiger partial charge in [0.25, 0.3) is 9.05 Å². The van der Waals surface area contributed by atoms with Gasteiger partial charge < -0.3 is 4.74 Å². The number of ether oxygens (including phenoxy) is 1. The molecule has 0 amide bonds. The quantitative estimate of drug-likeness (QED) is 0.609. The third kappa shape index (κ3) is 4.11. The molecule has 0 radical (unpaired) electrons. The van der Waals surface area contributed by atoms with Gasteiger partial charge in [0.15, 0.2) is 0 Å². The Morgan fingerprint density at radius 3 is 2.43 bits per heavy atom. The zero-order valence-electron chi connectivity index (χ0n) is 11.6. The molecule has 1 fully saturated rings. The van der Waals surface area contributed by atoms with E-state index in [1.54, 1.807) is 0 Å². The molecule has 0 spiro atoms. The van der Waals surface area contributed by atoms with Crippen LogP contribution in [0.5, 0.6) is 0 Å². The van der Waals surface area contributed by atoms with E-state index in [9.17, 15) is 13.2 Å². The van der Waals surface area contributed by atoms with Gasteiger partial charge in [-0.1, -0.05) is 18.0 Å². The van der Waals surface area contributed by atoms with Crippen LogP contribution in [-0.4, -0.2) is 20.5 Å². The van der Waals surface area contributed by atoms with E-state index in [1.807, 2.05) is 0 Å². The molecular formula is C14H16Cl2O4S. The van der Waals surface area contributed by atoms with Gasteiger partial charge >= 0.3 is 5.97 Å². The number of carbonyl (C=O) groups excluding carboxylic acids is 1. The minimum Gasteiger partial charge on any atom is -0.459 e. The van der Waals surface area contributed by atoms with E-state index in [0.29, 0.717) is 0 Å². The van der Waals surface area contributed by atoms with Gasteiger partial charge in [-0.15, -0.1) is 0 Å². The van der Waals surface area contributed by atoms with Crippen LogP contribution >= 0.6 is 22.3 Å². The van der Waals surface area contributed by atoms with Crippen molar-refractivity contribution in [2.45, 2.75) is 50.0 Å². The average molecular weight is 351 g/mol. The minimum atomic E-state index is -3.97. The predicted molar refractivity (Wildman–Crippen MR) is 81.5 cm³/mol. The van der Waals surface area contributed by atoms with Crippen LogP contribution in [0, 0.1) is 6.92 Å². The first-order valence-electron chi connectivity index (χ1n) is 6.75. The summed E-state index contributed by atoms with van der Waals surface area (Å²) in [4.78, 5) is 12.1. The molecule has 4 nitrogen and oxygen atoms in total. The summed E-state index contributed by atoms with van der Waals surface area (Å²) in [5.41, 5.74) is 0.405. The van der Waals surface area contributed by atoms with Crippen molar-refractivity contribution < 1.29 is 17.9 Å². The topological polar surface area (TPSA) is 60.4 Å². The average Bonchev–Trinajstić information content (AvgIpc) is 2.40. The maximum Gasteiger partial charge on any atom is 0.338 e. The van der Waals surface area contributed by atoms with Gasteiger partial charge in [-0.25, -0.2) is 13.2 Å². The minimum absolute atomic E-state index is 0.110.